The zero-order valence-electron chi connectivity index (χ0n) is 25.0. The van der Waals surface area contributed by atoms with E-state index in [0.717, 1.165) is 43.4 Å². The minimum absolute atomic E-state index is 0.0932. The number of benzene rings is 1. The van der Waals surface area contributed by atoms with Crippen molar-refractivity contribution in [2.45, 2.75) is 88.9 Å². The lowest BCUT2D eigenvalue weighted by Crippen LogP contribution is -2.49. The number of hydrogen-bond donors (Lipinski definition) is 3. The number of hydrogen-bond acceptors (Lipinski definition) is 8. The zero-order valence-corrected chi connectivity index (χ0v) is 25.9. The summed E-state index contributed by atoms with van der Waals surface area (Å²) in [5, 5.41) is 15.6. The topological polar surface area (TPSA) is 155 Å². The summed E-state index contributed by atoms with van der Waals surface area (Å²) in [6, 6.07) is 6.68. The molecule has 0 bridgehead atoms. The van der Waals surface area contributed by atoms with Crippen LogP contribution >= 0.6 is 0 Å². The fraction of sp³-hybridized carbons (Fsp3) is 0.700. The number of aliphatic hydroxyl groups is 1. The molecule has 2 atom stereocenters. The summed E-state index contributed by atoms with van der Waals surface area (Å²) in [6.07, 6.45) is 6.28. The summed E-state index contributed by atoms with van der Waals surface area (Å²) in [5.41, 5.74) is 0.933. The van der Waals surface area contributed by atoms with E-state index in [1.807, 2.05) is 24.3 Å². The van der Waals surface area contributed by atoms with Gasteiger partial charge in [-0.25, -0.2) is 17.5 Å². The second-order valence-electron chi connectivity index (χ2n) is 11.9. The van der Waals surface area contributed by atoms with Crippen molar-refractivity contribution in [3.63, 3.8) is 0 Å². The SMILES string of the molecule is CS(=O)(=O)N1CCC(NC(=O)O[C@@H](CC2CCCCC2)C(=O)N[C@H](CO)CCC(=O)N2CCOc3ccccc3C2)CC1. The Hall–Kier alpha value is -2.90. The van der Waals surface area contributed by atoms with Gasteiger partial charge in [-0.3, -0.25) is 9.59 Å². The molecule has 1 saturated carbocycles. The molecule has 0 spiro atoms. The van der Waals surface area contributed by atoms with E-state index >= 15 is 0 Å². The maximum atomic E-state index is 13.4. The van der Waals surface area contributed by atoms with Gasteiger partial charge >= 0.3 is 6.09 Å². The third kappa shape index (κ3) is 10.1. The van der Waals surface area contributed by atoms with E-state index in [-0.39, 0.29) is 37.3 Å². The first-order chi connectivity index (χ1) is 20.6. The first kappa shape index (κ1) is 33.0. The highest BCUT2D eigenvalue weighted by Gasteiger charge is 2.31. The maximum Gasteiger partial charge on any atom is 0.408 e. The average molecular weight is 623 g/mol. The summed E-state index contributed by atoms with van der Waals surface area (Å²) in [6.45, 7) is 1.54. The van der Waals surface area contributed by atoms with Gasteiger partial charge in [0.25, 0.3) is 5.91 Å². The number of sulfonamides is 1. The molecular formula is C30H46N4O8S. The van der Waals surface area contributed by atoms with Gasteiger partial charge in [-0.1, -0.05) is 50.3 Å². The number of aliphatic hydroxyl groups excluding tert-OH is 1. The van der Waals surface area contributed by atoms with E-state index < -0.39 is 34.2 Å². The van der Waals surface area contributed by atoms with E-state index in [2.05, 4.69) is 10.6 Å². The summed E-state index contributed by atoms with van der Waals surface area (Å²) in [4.78, 5) is 41.0. The van der Waals surface area contributed by atoms with Gasteiger partial charge in [-0.15, -0.1) is 0 Å². The smallest absolute Gasteiger partial charge is 0.408 e. The quantitative estimate of drug-likeness (QED) is 0.339. The molecule has 0 radical (unpaired) electrons. The Morgan fingerprint density at radius 3 is 2.49 bits per heavy atom. The number of ether oxygens (including phenoxy) is 2. The minimum atomic E-state index is -3.28. The van der Waals surface area contributed by atoms with Crippen LogP contribution in [0.5, 0.6) is 5.75 Å². The summed E-state index contributed by atoms with van der Waals surface area (Å²) < 4.78 is 36.4. The number of rotatable bonds is 11. The Labute approximate surface area is 254 Å². The van der Waals surface area contributed by atoms with Crippen LogP contribution in [0.25, 0.3) is 0 Å². The molecule has 1 saturated heterocycles. The van der Waals surface area contributed by atoms with E-state index in [1.54, 1.807) is 4.90 Å². The molecule has 2 aliphatic heterocycles. The normalized spacial score (nSPS) is 20.2. The third-order valence-electron chi connectivity index (χ3n) is 8.64. The van der Waals surface area contributed by atoms with Crippen LogP contribution in [-0.2, 0) is 30.9 Å². The lowest BCUT2D eigenvalue weighted by molar-refractivity contribution is -0.134. The van der Waals surface area contributed by atoms with Crippen molar-refractivity contribution >= 4 is 27.9 Å². The molecule has 0 aromatic heterocycles. The van der Waals surface area contributed by atoms with Crippen LogP contribution < -0.4 is 15.4 Å². The Balaban J connectivity index is 1.30. The largest absolute Gasteiger partial charge is 0.491 e. The monoisotopic (exact) mass is 622 g/mol. The first-order valence-corrected chi connectivity index (χ1v) is 17.3. The Kier molecular flexibility index (Phi) is 12.1. The highest BCUT2D eigenvalue weighted by atomic mass is 32.2. The van der Waals surface area contributed by atoms with Crippen LogP contribution in [0.4, 0.5) is 4.79 Å². The van der Waals surface area contributed by atoms with Gasteiger partial charge in [0.05, 0.1) is 25.4 Å². The standard InChI is InChI=1S/C30H46N4O8S/c1-43(39,40)34-15-13-24(14-16-34)32-30(38)42-27(19-22-7-3-2-4-8-22)29(37)31-25(21-35)11-12-28(36)33-17-18-41-26-10-6-5-9-23(26)20-33/h5-6,9-10,22,24-25,27,35H,2-4,7-8,11-21H2,1H3,(H,31,37)(H,32,38)/t25-,27-/m0/s1. The molecule has 0 unspecified atom stereocenters. The molecule has 240 valence electrons. The number of nitrogens with one attached hydrogen (secondary N) is 2. The molecule has 1 aromatic carbocycles. The Morgan fingerprint density at radius 2 is 1.79 bits per heavy atom. The van der Waals surface area contributed by atoms with E-state index in [0.29, 0.717) is 52.0 Å². The highest BCUT2D eigenvalue weighted by molar-refractivity contribution is 7.88. The predicted octanol–water partition coefficient (Wildman–Crippen LogP) is 2.15. The van der Waals surface area contributed by atoms with Gasteiger partial charge < -0.3 is 30.1 Å². The van der Waals surface area contributed by atoms with Crippen LogP contribution in [-0.4, -0.2) is 97.9 Å². The molecule has 13 heteroatoms. The second kappa shape index (κ2) is 15.7. The Bertz CT molecular complexity index is 1200. The zero-order chi connectivity index (χ0) is 30.8. The number of para-hydroxylation sites is 1. The molecule has 3 aliphatic rings. The van der Waals surface area contributed by atoms with Crippen LogP contribution in [0.15, 0.2) is 24.3 Å². The van der Waals surface area contributed by atoms with Crippen molar-refractivity contribution < 1.29 is 37.4 Å². The molecule has 3 N–H and O–H groups in total. The van der Waals surface area contributed by atoms with Crippen molar-refractivity contribution in [2.24, 2.45) is 5.92 Å². The Morgan fingerprint density at radius 1 is 1.07 bits per heavy atom. The second-order valence-corrected chi connectivity index (χ2v) is 13.9. The van der Waals surface area contributed by atoms with Crippen molar-refractivity contribution in [3.8, 4) is 5.75 Å². The van der Waals surface area contributed by atoms with Crippen LogP contribution in [0.2, 0.25) is 0 Å². The summed E-state index contributed by atoms with van der Waals surface area (Å²) >= 11 is 0. The number of nitrogens with zero attached hydrogens (tertiary/aromatic N) is 2. The van der Waals surface area contributed by atoms with Crippen molar-refractivity contribution in [2.75, 3.05) is 39.1 Å². The van der Waals surface area contributed by atoms with Gasteiger partial charge in [0.1, 0.15) is 12.4 Å². The molecule has 4 rings (SSSR count). The molecule has 2 fully saturated rings. The van der Waals surface area contributed by atoms with E-state index in [1.165, 1.54) is 10.6 Å². The fourth-order valence-corrected chi connectivity index (χ4v) is 6.97. The number of fused-ring (bicyclic) bond motifs is 1. The van der Waals surface area contributed by atoms with E-state index in [4.69, 9.17) is 9.47 Å². The molecule has 12 nitrogen and oxygen atoms in total. The number of carbonyl (C=O) groups excluding carboxylic acids is 3. The van der Waals surface area contributed by atoms with Crippen LogP contribution in [0.3, 0.4) is 0 Å². The lowest BCUT2D eigenvalue weighted by atomic mass is 9.85. The fourth-order valence-electron chi connectivity index (χ4n) is 6.09. The van der Waals surface area contributed by atoms with Crippen molar-refractivity contribution in [3.05, 3.63) is 29.8 Å². The predicted molar refractivity (Wildman–Crippen MR) is 160 cm³/mol. The van der Waals surface area contributed by atoms with Crippen molar-refractivity contribution in [1.29, 1.82) is 0 Å². The lowest BCUT2D eigenvalue weighted by Gasteiger charge is -2.31. The summed E-state index contributed by atoms with van der Waals surface area (Å²) in [5.74, 6) is 0.434. The summed E-state index contributed by atoms with van der Waals surface area (Å²) in [7, 11) is -3.28. The molecule has 1 aromatic rings. The first-order valence-electron chi connectivity index (χ1n) is 15.4. The van der Waals surface area contributed by atoms with Gasteiger partial charge in [0.2, 0.25) is 15.9 Å². The molecule has 1 aliphatic carbocycles. The number of piperidine rings is 1. The average Bonchev–Trinajstić information content (AvgIpc) is 3.22. The number of alkyl carbamates (subject to hydrolysis) is 1. The maximum absolute atomic E-state index is 13.4. The highest BCUT2D eigenvalue weighted by Crippen LogP contribution is 2.28. The van der Waals surface area contributed by atoms with Gasteiger partial charge in [0, 0.05) is 37.7 Å². The molecule has 43 heavy (non-hydrogen) atoms. The van der Waals surface area contributed by atoms with Gasteiger partial charge in [0.15, 0.2) is 6.10 Å². The molecular weight excluding hydrogens is 576 g/mol. The van der Waals surface area contributed by atoms with Crippen LogP contribution in [0.1, 0.15) is 69.8 Å². The van der Waals surface area contributed by atoms with E-state index in [9.17, 15) is 27.9 Å². The number of amides is 3. The van der Waals surface area contributed by atoms with Gasteiger partial charge in [-0.05, 0) is 37.7 Å². The number of carbonyl (C=O) groups is 3. The van der Waals surface area contributed by atoms with Gasteiger partial charge in [-0.2, -0.15) is 0 Å². The van der Waals surface area contributed by atoms with Crippen LogP contribution in [0, 0.1) is 5.92 Å². The third-order valence-corrected chi connectivity index (χ3v) is 9.94. The minimum Gasteiger partial charge on any atom is -0.491 e. The molecule has 3 amide bonds. The van der Waals surface area contributed by atoms with Crippen molar-refractivity contribution in [1.82, 2.24) is 19.8 Å². The molecule has 2 heterocycles.